The third-order valence-electron chi connectivity index (χ3n) is 3.06. The van der Waals surface area contributed by atoms with Crippen LogP contribution in [0.2, 0.25) is 0 Å². The predicted molar refractivity (Wildman–Crippen MR) is 80.7 cm³/mol. The van der Waals surface area contributed by atoms with Crippen LogP contribution in [0.5, 0.6) is 0 Å². The number of nitrogens with one attached hydrogen (secondary N) is 2. The molecule has 0 fully saturated rings. The van der Waals surface area contributed by atoms with E-state index in [0.29, 0.717) is 12.2 Å². The fraction of sp³-hybridized carbons (Fsp3) is 0.500. The molecule has 0 aromatic heterocycles. The SMILES string of the molecule is CCNc1cccc(C(=O)NCC(C)(C)OC)c1[N+](=O)[O-]. The number of anilines is 1. The second kappa shape index (κ2) is 7.03. The summed E-state index contributed by atoms with van der Waals surface area (Å²) in [5.41, 5.74) is -0.387. The summed E-state index contributed by atoms with van der Waals surface area (Å²) in [6.45, 7) is 6.25. The first-order chi connectivity index (χ1) is 9.82. The van der Waals surface area contributed by atoms with Crippen molar-refractivity contribution in [2.45, 2.75) is 26.4 Å². The lowest BCUT2D eigenvalue weighted by Crippen LogP contribution is -2.39. The van der Waals surface area contributed by atoms with E-state index in [4.69, 9.17) is 4.74 Å². The van der Waals surface area contributed by atoms with Gasteiger partial charge in [-0.3, -0.25) is 14.9 Å². The number of rotatable bonds is 7. The van der Waals surface area contributed by atoms with Gasteiger partial charge < -0.3 is 15.4 Å². The Morgan fingerprint density at radius 2 is 2.10 bits per heavy atom. The van der Waals surface area contributed by atoms with Gasteiger partial charge >= 0.3 is 5.69 Å². The molecule has 0 aliphatic carbocycles. The normalized spacial score (nSPS) is 11.0. The van der Waals surface area contributed by atoms with Crippen molar-refractivity contribution in [1.29, 1.82) is 0 Å². The molecule has 0 aliphatic heterocycles. The van der Waals surface area contributed by atoms with Crippen molar-refractivity contribution >= 4 is 17.3 Å². The summed E-state index contributed by atoms with van der Waals surface area (Å²) in [6, 6.07) is 4.63. The molecule has 0 spiro atoms. The Kier molecular flexibility index (Phi) is 5.66. The molecule has 1 amide bonds. The van der Waals surface area contributed by atoms with Crippen molar-refractivity contribution < 1.29 is 14.5 Å². The minimum Gasteiger partial charge on any atom is -0.380 e. The number of nitro benzene ring substituents is 1. The smallest absolute Gasteiger partial charge is 0.305 e. The summed E-state index contributed by atoms with van der Waals surface area (Å²) >= 11 is 0. The van der Waals surface area contributed by atoms with Gasteiger partial charge in [-0.1, -0.05) is 6.07 Å². The second-order valence-corrected chi connectivity index (χ2v) is 5.14. The fourth-order valence-electron chi connectivity index (χ4n) is 1.72. The maximum absolute atomic E-state index is 12.2. The lowest BCUT2D eigenvalue weighted by molar-refractivity contribution is -0.384. The van der Waals surface area contributed by atoms with E-state index in [1.54, 1.807) is 19.2 Å². The lowest BCUT2D eigenvalue weighted by Gasteiger charge is -2.23. The van der Waals surface area contributed by atoms with E-state index in [1.165, 1.54) is 6.07 Å². The molecule has 0 saturated carbocycles. The Morgan fingerprint density at radius 3 is 2.62 bits per heavy atom. The van der Waals surface area contributed by atoms with Gasteiger partial charge in [0.15, 0.2) is 0 Å². The molecule has 1 aromatic rings. The van der Waals surface area contributed by atoms with Gasteiger partial charge in [0.05, 0.1) is 10.5 Å². The number of para-hydroxylation sites is 1. The summed E-state index contributed by atoms with van der Waals surface area (Å²) in [5.74, 6) is -0.494. The fourth-order valence-corrected chi connectivity index (χ4v) is 1.72. The topological polar surface area (TPSA) is 93.5 Å². The number of nitrogens with zero attached hydrogens (tertiary/aromatic N) is 1. The van der Waals surface area contributed by atoms with Crippen molar-refractivity contribution in [2.24, 2.45) is 0 Å². The van der Waals surface area contributed by atoms with Crippen molar-refractivity contribution in [1.82, 2.24) is 5.32 Å². The average molecular weight is 295 g/mol. The third kappa shape index (κ3) is 4.42. The lowest BCUT2D eigenvalue weighted by atomic mass is 10.1. The largest absolute Gasteiger partial charge is 0.380 e. The average Bonchev–Trinajstić information content (AvgIpc) is 2.44. The van der Waals surface area contributed by atoms with E-state index in [1.807, 2.05) is 20.8 Å². The zero-order chi connectivity index (χ0) is 16.0. The van der Waals surface area contributed by atoms with Crippen LogP contribution in [0.1, 0.15) is 31.1 Å². The van der Waals surface area contributed by atoms with Crippen molar-refractivity contribution in [3.8, 4) is 0 Å². The molecule has 0 unspecified atom stereocenters. The Bertz CT molecular complexity index is 529. The van der Waals surface area contributed by atoms with Crippen molar-refractivity contribution in [3.05, 3.63) is 33.9 Å². The summed E-state index contributed by atoms with van der Waals surface area (Å²) < 4.78 is 5.20. The van der Waals surface area contributed by atoms with Crippen LogP contribution < -0.4 is 10.6 Å². The number of hydrogen-bond donors (Lipinski definition) is 2. The van der Waals surface area contributed by atoms with E-state index in [0.717, 1.165) is 0 Å². The molecule has 1 rings (SSSR count). The highest BCUT2D eigenvalue weighted by Gasteiger charge is 2.25. The van der Waals surface area contributed by atoms with Crippen LogP contribution in [0.25, 0.3) is 0 Å². The number of benzene rings is 1. The zero-order valence-electron chi connectivity index (χ0n) is 12.7. The Hall–Kier alpha value is -2.15. The zero-order valence-corrected chi connectivity index (χ0v) is 12.7. The molecule has 0 bridgehead atoms. The number of ether oxygens (including phenoxy) is 1. The maximum Gasteiger partial charge on any atom is 0.305 e. The molecule has 1 aromatic carbocycles. The second-order valence-electron chi connectivity index (χ2n) is 5.14. The number of amides is 1. The van der Waals surface area contributed by atoms with Gasteiger partial charge in [0.1, 0.15) is 11.3 Å². The number of carbonyl (C=O) groups is 1. The van der Waals surface area contributed by atoms with Gasteiger partial charge in [0.25, 0.3) is 5.91 Å². The molecule has 0 atom stereocenters. The number of hydrogen-bond acceptors (Lipinski definition) is 5. The quantitative estimate of drug-likeness (QED) is 0.594. The molecule has 0 saturated heterocycles. The minimum absolute atomic E-state index is 0.0327. The maximum atomic E-state index is 12.2. The molecular formula is C14H21N3O4. The summed E-state index contributed by atoms with van der Waals surface area (Å²) in [4.78, 5) is 22.9. The first kappa shape index (κ1) is 16.9. The first-order valence-electron chi connectivity index (χ1n) is 6.67. The van der Waals surface area contributed by atoms with Gasteiger partial charge in [0, 0.05) is 20.2 Å². The van der Waals surface area contributed by atoms with Crippen molar-refractivity contribution in [3.63, 3.8) is 0 Å². The standard InChI is InChI=1S/C14H21N3O4/c1-5-15-11-8-6-7-10(12(11)17(19)20)13(18)16-9-14(2,3)21-4/h6-8,15H,5,9H2,1-4H3,(H,16,18). The molecule has 2 N–H and O–H groups in total. The number of carbonyl (C=O) groups excluding carboxylic acids is 1. The summed E-state index contributed by atoms with van der Waals surface area (Å²) in [7, 11) is 1.54. The summed E-state index contributed by atoms with van der Waals surface area (Å²) in [5, 5.41) is 16.8. The van der Waals surface area contributed by atoms with Crippen LogP contribution in [-0.2, 0) is 4.74 Å². The van der Waals surface area contributed by atoms with Gasteiger partial charge in [-0.15, -0.1) is 0 Å². The minimum atomic E-state index is -0.547. The van der Waals surface area contributed by atoms with Gasteiger partial charge in [-0.25, -0.2) is 0 Å². The van der Waals surface area contributed by atoms with Crippen LogP contribution in [0.3, 0.4) is 0 Å². The molecular weight excluding hydrogens is 274 g/mol. The molecule has 0 radical (unpaired) electrons. The molecule has 116 valence electrons. The molecule has 7 heteroatoms. The van der Waals surface area contributed by atoms with Crippen LogP contribution >= 0.6 is 0 Å². The van der Waals surface area contributed by atoms with Gasteiger partial charge in [-0.05, 0) is 32.9 Å². The monoisotopic (exact) mass is 295 g/mol. The van der Waals surface area contributed by atoms with Crippen LogP contribution in [-0.4, -0.2) is 36.6 Å². The molecule has 0 heterocycles. The Labute approximate surface area is 123 Å². The third-order valence-corrected chi connectivity index (χ3v) is 3.06. The number of methoxy groups -OCH3 is 1. The van der Waals surface area contributed by atoms with Crippen LogP contribution in [0, 0.1) is 10.1 Å². The first-order valence-corrected chi connectivity index (χ1v) is 6.67. The molecule has 7 nitrogen and oxygen atoms in total. The van der Waals surface area contributed by atoms with Crippen LogP contribution in [0.15, 0.2) is 18.2 Å². The molecule has 21 heavy (non-hydrogen) atoms. The van der Waals surface area contributed by atoms with Gasteiger partial charge in [-0.2, -0.15) is 0 Å². The molecule has 0 aliphatic rings. The Morgan fingerprint density at radius 1 is 1.43 bits per heavy atom. The highest BCUT2D eigenvalue weighted by atomic mass is 16.6. The van der Waals surface area contributed by atoms with E-state index in [9.17, 15) is 14.9 Å². The van der Waals surface area contributed by atoms with Gasteiger partial charge in [0.2, 0.25) is 0 Å². The van der Waals surface area contributed by atoms with Crippen molar-refractivity contribution in [2.75, 3.05) is 25.5 Å². The highest BCUT2D eigenvalue weighted by molar-refractivity contribution is 6.00. The van der Waals surface area contributed by atoms with E-state index < -0.39 is 16.4 Å². The predicted octanol–water partition coefficient (Wildman–Crippen LogP) is 2.18. The van der Waals surface area contributed by atoms with Crippen LogP contribution in [0.4, 0.5) is 11.4 Å². The Balaban J connectivity index is 3.04. The number of nitro groups is 1. The van der Waals surface area contributed by atoms with E-state index in [2.05, 4.69) is 10.6 Å². The summed E-state index contributed by atoms with van der Waals surface area (Å²) in [6.07, 6.45) is 0. The highest BCUT2D eigenvalue weighted by Crippen LogP contribution is 2.28. The van der Waals surface area contributed by atoms with E-state index in [-0.39, 0.29) is 17.8 Å². The van der Waals surface area contributed by atoms with E-state index >= 15 is 0 Å².